The highest BCUT2D eigenvalue weighted by atomic mass is 16.8. The predicted octanol–water partition coefficient (Wildman–Crippen LogP) is 16.0. The Balaban J connectivity index is 1.33. The Labute approximate surface area is 643 Å². The van der Waals surface area contributed by atoms with E-state index >= 15 is 0 Å². The molecule has 3 rings (SSSR count). The van der Waals surface area contributed by atoms with Gasteiger partial charge in [-0.25, -0.2) is 0 Å². The lowest BCUT2D eigenvalue weighted by Gasteiger charge is -2.48. The molecule has 17 unspecified atom stereocenters. The van der Waals surface area contributed by atoms with Crippen LogP contribution in [0.2, 0.25) is 0 Å². The molecule has 3 heterocycles. The van der Waals surface area contributed by atoms with E-state index in [0.717, 1.165) is 70.6 Å². The Morgan fingerprint density at radius 2 is 0.651 bits per heavy atom. The number of allylic oxidation sites excluding steroid dienone is 8. The lowest BCUT2D eigenvalue weighted by molar-refractivity contribution is -0.379. The number of amides is 1. The number of hydrogen-bond acceptors (Lipinski definition) is 18. The summed E-state index contributed by atoms with van der Waals surface area (Å²) >= 11 is 0. The van der Waals surface area contributed by atoms with Crippen LogP contribution in [0.3, 0.4) is 0 Å². The number of aliphatic hydroxyl groups is 11. The molecule has 0 aromatic carbocycles. The number of aliphatic hydroxyl groups excluding tert-OH is 11. The van der Waals surface area contributed by atoms with Gasteiger partial charge in [-0.2, -0.15) is 0 Å². The number of unbranched alkanes of at least 4 members (excludes halogenated alkanes) is 47. The van der Waals surface area contributed by atoms with E-state index in [1.54, 1.807) is 0 Å². The maximum absolute atomic E-state index is 13.5. The third-order valence-corrected chi connectivity index (χ3v) is 21.9. The first-order chi connectivity index (χ1) is 51.8. The highest BCUT2D eigenvalue weighted by molar-refractivity contribution is 5.76. The van der Waals surface area contributed by atoms with Gasteiger partial charge in [0.1, 0.15) is 73.2 Å². The molecule has 19 nitrogen and oxygen atoms in total. The van der Waals surface area contributed by atoms with Crippen LogP contribution in [0.5, 0.6) is 0 Å². The zero-order valence-corrected chi connectivity index (χ0v) is 66.9. The van der Waals surface area contributed by atoms with E-state index in [9.17, 15) is 61.0 Å². The minimum Gasteiger partial charge on any atom is -0.394 e. The Bertz CT molecular complexity index is 2100. The summed E-state index contributed by atoms with van der Waals surface area (Å²) in [5.41, 5.74) is 0. The van der Waals surface area contributed by atoms with Crippen LogP contribution in [0.25, 0.3) is 0 Å². The monoisotopic (exact) mass is 1510 g/mol. The van der Waals surface area contributed by atoms with Gasteiger partial charge in [-0.1, -0.05) is 358 Å². The van der Waals surface area contributed by atoms with Gasteiger partial charge in [0.25, 0.3) is 0 Å². The molecule has 17 atom stereocenters. The molecule has 622 valence electrons. The first-order valence-electron chi connectivity index (χ1n) is 43.9. The average molecular weight is 1510 g/mol. The second-order valence-corrected chi connectivity index (χ2v) is 31.3. The van der Waals surface area contributed by atoms with Crippen LogP contribution in [0, 0.1) is 0 Å². The molecule has 0 spiro atoms. The lowest BCUT2D eigenvalue weighted by atomic mass is 9.96. The molecule has 19 heteroatoms. The maximum Gasteiger partial charge on any atom is 0.220 e. The summed E-state index contributed by atoms with van der Waals surface area (Å²) < 4.78 is 34.6. The molecule has 1 amide bonds. The smallest absolute Gasteiger partial charge is 0.220 e. The Morgan fingerprint density at radius 1 is 0.349 bits per heavy atom. The fraction of sp³-hybridized carbons (Fsp3) is 0.897. The van der Waals surface area contributed by atoms with Crippen molar-refractivity contribution < 1.29 is 89.4 Å². The summed E-state index contributed by atoms with van der Waals surface area (Å²) in [6.45, 7) is 1.75. The highest BCUT2D eigenvalue weighted by Gasteiger charge is 2.54. The second-order valence-electron chi connectivity index (χ2n) is 31.3. The van der Waals surface area contributed by atoms with Gasteiger partial charge in [-0.3, -0.25) is 4.79 Å². The van der Waals surface area contributed by atoms with E-state index in [1.165, 1.54) is 263 Å². The van der Waals surface area contributed by atoms with Gasteiger partial charge in [0, 0.05) is 6.42 Å². The second kappa shape index (κ2) is 67.3. The van der Waals surface area contributed by atoms with Gasteiger partial charge in [0.2, 0.25) is 5.91 Å². The van der Waals surface area contributed by atoms with Gasteiger partial charge in [0.15, 0.2) is 18.9 Å². The summed E-state index contributed by atoms with van der Waals surface area (Å²) in [7, 11) is 0. The van der Waals surface area contributed by atoms with Gasteiger partial charge < -0.3 is 89.9 Å². The minimum atomic E-state index is -1.97. The van der Waals surface area contributed by atoms with Crippen molar-refractivity contribution in [2.24, 2.45) is 0 Å². The maximum atomic E-state index is 13.5. The molecule has 3 aliphatic rings. The summed E-state index contributed by atoms with van der Waals surface area (Å²) in [5.74, 6) is -0.236. The molecule has 0 saturated carbocycles. The van der Waals surface area contributed by atoms with E-state index in [4.69, 9.17) is 28.4 Å². The van der Waals surface area contributed by atoms with Gasteiger partial charge in [-0.05, 0) is 51.4 Å². The van der Waals surface area contributed by atoms with Crippen molar-refractivity contribution in [3.63, 3.8) is 0 Å². The van der Waals surface area contributed by atoms with E-state index in [-0.39, 0.29) is 18.9 Å². The van der Waals surface area contributed by atoms with Crippen molar-refractivity contribution in [3.8, 4) is 0 Å². The molecule has 3 aliphatic heterocycles. The van der Waals surface area contributed by atoms with E-state index < -0.39 is 124 Å². The van der Waals surface area contributed by atoms with Gasteiger partial charge in [0.05, 0.1) is 38.6 Å². The topological polar surface area (TPSA) is 307 Å². The third kappa shape index (κ3) is 46.1. The summed E-state index contributed by atoms with van der Waals surface area (Å²) in [6, 6.07) is -0.889. The molecule has 3 saturated heterocycles. The largest absolute Gasteiger partial charge is 0.394 e. The highest BCUT2D eigenvalue weighted by Crippen LogP contribution is 2.34. The molecule has 0 aromatic heterocycles. The fourth-order valence-electron chi connectivity index (χ4n) is 15.0. The predicted molar refractivity (Wildman–Crippen MR) is 425 cm³/mol. The number of nitrogens with one attached hydrogen (secondary N) is 1. The molecule has 0 bridgehead atoms. The molecule has 3 fully saturated rings. The zero-order valence-electron chi connectivity index (χ0n) is 66.9. The van der Waals surface area contributed by atoms with Crippen LogP contribution in [0.15, 0.2) is 48.6 Å². The molecular weight excluding hydrogens is 1350 g/mol. The fourth-order valence-corrected chi connectivity index (χ4v) is 15.0. The molecule has 106 heavy (non-hydrogen) atoms. The zero-order chi connectivity index (χ0) is 76.7. The van der Waals surface area contributed by atoms with Crippen molar-refractivity contribution in [3.05, 3.63) is 48.6 Å². The number of carbonyl (C=O) groups excluding carboxylic acids is 1. The van der Waals surface area contributed by atoms with Crippen molar-refractivity contribution in [1.82, 2.24) is 5.32 Å². The van der Waals surface area contributed by atoms with Crippen molar-refractivity contribution in [2.45, 2.75) is 471 Å². The summed E-state index contributed by atoms with van der Waals surface area (Å²) in [4.78, 5) is 13.5. The SMILES string of the molecule is CC/C=C\C/C=C\C/C=C\C/C=C\CCCCCCCCCCCCCCCCCCCCC(=O)NC(COC1OC(CO)C(OC2OC(CO)C(OC3OC(CO)C(O)C(O)C3O)C(O)C2O)C(O)C1O)C(O)CCCCCCCCCCCCCCCCCCCCCCCCCCCCCCCC. The Kier molecular flexibility index (Phi) is 62.2. The third-order valence-electron chi connectivity index (χ3n) is 21.9. The number of rotatable bonds is 71. The van der Waals surface area contributed by atoms with Crippen LogP contribution in [0.4, 0.5) is 0 Å². The minimum absolute atomic E-state index is 0.236. The molecule has 0 aromatic rings. The van der Waals surface area contributed by atoms with Crippen LogP contribution in [-0.2, 0) is 33.2 Å². The summed E-state index contributed by atoms with van der Waals surface area (Å²) in [5, 5.41) is 121. The Morgan fingerprint density at radius 3 is 1.02 bits per heavy atom. The molecule has 0 aliphatic carbocycles. The van der Waals surface area contributed by atoms with Crippen LogP contribution < -0.4 is 5.32 Å². The van der Waals surface area contributed by atoms with Gasteiger partial charge >= 0.3 is 0 Å². The quantitative estimate of drug-likeness (QED) is 0.0199. The Hall–Kier alpha value is -2.25. The molecule has 12 N–H and O–H groups in total. The average Bonchev–Trinajstić information content (AvgIpc) is 0.780. The van der Waals surface area contributed by atoms with E-state index in [1.807, 2.05) is 0 Å². The van der Waals surface area contributed by atoms with E-state index in [2.05, 4.69) is 67.8 Å². The van der Waals surface area contributed by atoms with Crippen molar-refractivity contribution in [2.75, 3.05) is 26.4 Å². The van der Waals surface area contributed by atoms with Gasteiger partial charge in [-0.15, -0.1) is 0 Å². The lowest BCUT2D eigenvalue weighted by Crippen LogP contribution is -2.66. The van der Waals surface area contributed by atoms with E-state index in [0.29, 0.717) is 12.8 Å². The van der Waals surface area contributed by atoms with Crippen molar-refractivity contribution in [1.29, 1.82) is 0 Å². The number of hydrogen-bond donors (Lipinski definition) is 12. The number of carbonyl (C=O) groups is 1. The summed E-state index contributed by atoms with van der Waals surface area (Å²) in [6.07, 6.45) is 59.3. The van der Waals surface area contributed by atoms with Crippen LogP contribution >= 0.6 is 0 Å². The normalized spacial score (nSPS) is 25.8. The standard InChI is InChI=1S/C87H161NO18/c1-3-5-7-9-11-13-15-17-19-21-23-25-27-29-31-33-35-37-39-41-43-45-47-49-51-53-55-57-59-61-63-65-75(93)88-70(71(92)64-62-60-58-56-54-52-50-48-46-44-42-40-38-36-34-32-30-28-26-24-22-20-18-16-14-12-10-8-6-4-2)69-101-85-81(99)78(96)83(73(67-90)103-85)106-87-82(100)79(97)84(74(68-91)104-87)105-86-80(98)77(95)76(94)72(66-89)102-86/h5,7,11,13,17,19,23,25,70-74,76-87,89-92,94-100H,3-4,6,8-10,12,14-16,18,20-22,24,26-69H2,1-2H3,(H,88,93)/b7-5-,13-11-,19-17-,25-23-. The molecular formula is C87H161NO18. The number of ether oxygens (including phenoxy) is 6. The van der Waals surface area contributed by atoms with Crippen LogP contribution in [0.1, 0.15) is 367 Å². The first-order valence-corrected chi connectivity index (χ1v) is 43.9. The van der Waals surface area contributed by atoms with Crippen LogP contribution in [-0.4, -0.2) is 193 Å². The molecule has 0 radical (unpaired) electrons. The first kappa shape index (κ1) is 97.9. The van der Waals surface area contributed by atoms with Crippen molar-refractivity contribution >= 4 is 5.91 Å².